The summed E-state index contributed by atoms with van der Waals surface area (Å²) in [7, 11) is 0. The lowest BCUT2D eigenvalue weighted by molar-refractivity contribution is 0.0688. The van der Waals surface area contributed by atoms with E-state index in [1.165, 1.54) is 6.92 Å². The van der Waals surface area contributed by atoms with Crippen LogP contribution in [0.1, 0.15) is 81.6 Å². The summed E-state index contributed by atoms with van der Waals surface area (Å²) in [5, 5.41) is 26.6. The summed E-state index contributed by atoms with van der Waals surface area (Å²) in [6.45, 7) is 8.30. The molecule has 4 N–H and O–H groups in total. The molecule has 2 rings (SSSR count). The van der Waals surface area contributed by atoms with Gasteiger partial charge in [0.25, 0.3) is 5.91 Å². The number of hydrogen-bond donors (Lipinski definition) is 4. The van der Waals surface area contributed by atoms with Crippen LogP contribution in [0.25, 0.3) is 0 Å². The molecule has 1 unspecified atom stereocenters. The number of aryl methyl sites for hydroxylation is 1. The second kappa shape index (κ2) is 12.3. The number of aromatic carboxylic acids is 1. The summed E-state index contributed by atoms with van der Waals surface area (Å²) in [5.74, 6) is -1.49. The molecule has 2 aromatic carbocycles. The number of ketones is 1. The Morgan fingerprint density at radius 1 is 0.970 bits per heavy atom. The lowest BCUT2D eigenvalue weighted by atomic mass is 9.91. The number of benzene rings is 2. The molecule has 0 aromatic heterocycles. The zero-order valence-corrected chi connectivity index (χ0v) is 19.8. The summed E-state index contributed by atoms with van der Waals surface area (Å²) in [6, 6.07) is 10.7. The van der Waals surface area contributed by atoms with Crippen LogP contribution in [0.5, 0.6) is 0 Å². The normalized spacial score (nSPS) is 11.9. The Labute approximate surface area is 195 Å². The third-order valence-electron chi connectivity index (χ3n) is 5.48. The van der Waals surface area contributed by atoms with E-state index < -0.39 is 18.0 Å². The van der Waals surface area contributed by atoms with Crippen molar-refractivity contribution >= 4 is 17.7 Å². The maximum absolute atomic E-state index is 12.9. The molecule has 1 atom stereocenters. The number of hydrogen-bond acceptors (Lipinski definition) is 5. The summed E-state index contributed by atoms with van der Waals surface area (Å²) in [6.07, 6.45) is -0.0211. The van der Waals surface area contributed by atoms with Gasteiger partial charge in [-0.1, -0.05) is 57.2 Å². The van der Waals surface area contributed by atoms with Gasteiger partial charge in [-0.05, 0) is 48.9 Å². The number of nitrogens with one attached hydrogen (secondary N) is 2. The summed E-state index contributed by atoms with van der Waals surface area (Å²) >= 11 is 0. The second-order valence-electron chi connectivity index (χ2n) is 8.51. The van der Waals surface area contributed by atoms with Crippen LogP contribution >= 0.6 is 0 Å². The van der Waals surface area contributed by atoms with Crippen molar-refractivity contribution in [3.63, 3.8) is 0 Å². The number of Topliss-reactive ketones (excluding diaryl/α,β-unsaturated/α-hetero) is 1. The van der Waals surface area contributed by atoms with Gasteiger partial charge in [0, 0.05) is 18.7 Å². The zero-order valence-electron chi connectivity index (χ0n) is 19.8. The zero-order chi connectivity index (χ0) is 24.5. The molecule has 33 heavy (non-hydrogen) atoms. The predicted octanol–water partition coefficient (Wildman–Crippen LogP) is 3.40. The molecule has 0 aliphatic heterocycles. The smallest absolute Gasteiger partial charge is 0.336 e. The van der Waals surface area contributed by atoms with Gasteiger partial charge in [-0.15, -0.1) is 0 Å². The molecule has 0 saturated heterocycles. The van der Waals surface area contributed by atoms with E-state index in [0.717, 1.165) is 5.56 Å². The van der Waals surface area contributed by atoms with Gasteiger partial charge in [0.05, 0.1) is 17.2 Å². The van der Waals surface area contributed by atoms with Crippen LogP contribution in [0, 0.1) is 5.92 Å². The minimum absolute atomic E-state index is 0.0000921. The lowest BCUT2D eigenvalue weighted by Gasteiger charge is -2.20. The number of carboxylic acids is 1. The van der Waals surface area contributed by atoms with Crippen molar-refractivity contribution in [1.29, 1.82) is 0 Å². The SMILES string of the molecule is CCc1ccc(C(O)CNCCc2ccccc2C(C)=O)c(C(=O)NCC(C)C)c1C(=O)O. The van der Waals surface area contributed by atoms with Crippen LogP contribution in [0.4, 0.5) is 0 Å². The second-order valence-corrected chi connectivity index (χ2v) is 8.51. The number of carbonyl (C=O) groups is 3. The molecular formula is C26H34N2O5. The van der Waals surface area contributed by atoms with Crippen LogP contribution in [0.2, 0.25) is 0 Å². The number of carboxylic acid groups (broad SMARTS) is 1. The molecule has 7 heteroatoms. The minimum Gasteiger partial charge on any atom is -0.478 e. The Kier molecular flexibility index (Phi) is 9.75. The van der Waals surface area contributed by atoms with Crippen molar-refractivity contribution in [3.05, 3.63) is 69.8 Å². The Morgan fingerprint density at radius 2 is 1.67 bits per heavy atom. The van der Waals surface area contributed by atoms with Crippen molar-refractivity contribution in [1.82, 2.24) is 10.6 Å². The van der Waals surface area contributed by atoms with Gasteiger partial charge in [-0.3, -0.25) is 9.59 Å². The van der Waals surface area contributed by atoms with Gasteiger partial charge < -0.3 is 20.8 Å². The van der Waals surface area contributed by atoms with Crippen LogP contribution in [0.3, 0.4) is 0 Å². The number of aliphatic hydroxyl groups excluding tert-OH is 1. The molecule has 0 heterocycles. The first kappa shape index (κ1) is 26.2. The number of carbonyl (C=O) groups excluding carboxylic acids is 2. The van der Waals surface area contributed by atoms with Crippen molar-refractivity contribution in [3.8, 4) is 0 Å². The average molecular weight is 455 g/mol. The number of aliphatic hydroxyl groups is 1. The Hall–Kier alpha value is -3.03. The number of rotatable bonds is 12. The molecule has 0 radical (unpaired) electrons. The molecule has 0 bridgehead atoms. The molecule has 2 aromatic rings. The fourth-order valence-corrected chi connectivity index (χ4v) is 3.76. The first-order valence-corrected chi connectivity index (χ1v) is 11.3. The van der Waals surface area contributed by atoms with E-state index in [1.54, 1.807) is 18.2 Å². The van der Waals surface area contributed by atoms with E-state index in [2.05, 4.69) is 10.6 Å². The molecule has 0 spiro atoms. The van der Waals surface area contributed by atoms with Crippen LogP contribution < -0.4 is 10.6 Å². The van der Waals surface area contributed by atoms with Crippen molar-refractivity contribution in [2.24, 2.45) is 5.92 Å². The molecule has 0 saturated carbocycles. The molecule has 0 aliphatic rings. The van der Waals surface area contributed by atoms with Crippen LogP contribution in [-0.4, -0.2) is 47.5 Å². The fourth-order valence-electron chi connectivity index (χ4n) is 3.76. The van der Waals surface area contributed by atoms with E-state index in [-0.39, 0.29) is 34.9 Å². The summed E-state index contributed by atoms with van der Waals surface area (Å²) in [4.78, 5) is 36.7. The van der Waals surface area contributed by atoms with Gasteiger partial charge in [-0.25, -0.2) is 4.79 Å². The van der Waals surface area contributed by atoms with Crippen molar-refractivity contribution < 1.29 is 24.6 Å². The molecular weight excluding hydrogens is 420 g/mol. The minimum atomic E-state index is -1.19. The monoisotopic (exact) mass is 454 g/mol. The Bertz CT molecular complexity index is 1000. The highest BCUT2D eigenvalue weighted by molar-refractivity contribution is 6.07. The largest absolute Gasteiger partial charge is 0.478 e. The van der Waals surface area contributed by atoms with E-state index >= 15 is 0 Å². The Balaban J connectivity index is 2.20. The molecule has 7 nitrogen and oxygen atoms in total. The highest BCUT2D eigenvalue weighted by atomic mass is 16.4. The van der Waals surface area contributed by atoms with E-state index in [4.69, 9.17) is 0 Å². The lowest BCUT2D eigenvalue weighted by Crippen LogP contribution is -2.32. The quantitative estimate of drug-likeness (QED) is 0.289. The van der Waals surface area contributed by atoms with Gasteiger partial charge in [0.15, 0.2) is 5.78 Å². The van der Waals surface area contributed by atoms with E-state index in [9.17, 15) is 24.6 Å². The van der Waals surface area contributed by atoms with Gasteiger partial charge in [-0.2, -0.15) is 0 Å². The fraction of sp³-hybridized carbons (Fsp3) is 0.423. The predicted molar refractivity (Wildman–Crippen MR) is 128 cm³/mol. The maximum Gasteiger partial charge on any atom is 0.336 e. The average Bonchev–Trinajstić information content (AvgIpc) is 2.79. The van der Waals surface area contributed by atoms with Crippen molar-refractivity contribution in [2.45, 2.75) is 46.6 Å². The van der Waals surface area contributed by atoms with Crippen molar-refractivity contribution in [2.75, 3.05) is 19.6 Å². The van der Waals surface area contributed by atoms with E-state index in [0.29, 0.717) is 37.1 Å². The molecule has 0 fully saturated rings. The van der Waals surface area contributed by atoms with Gasteiger partial charge in [0.2, 0.25) is 0 Å². The van der Waals surface area contributed by atoms with E-state index in [1.807, 2.05) is 39.0 Å². The summed E-state index contributed by atoms with van der Waals surface area (Å²) in [5.41, 5.74) is 2.36. The molecule has 1 amide bonds. The van der Waals surface area contributed by atoms with Crippen LogP contribution in [0.15, 0.2) is 36.4 Å². The molecule has 0 aliphatic carbocycles. The third-order valence-corrected chi connectivity index (χ3v) is 5.48. The highest BCUT2D eigenvalue weighted by Gasteiger charge is 2.26. The third kappa shape index (κ3) is 6.97. The number of amides is 1. The Morgan fingerprint density at radius 3 is 2.27 bits per heavy atom. The topological polar surface area (TPSA) is 116 Å². The standard InChI is InChI=1S/C26H34N2O5/c1-5-18-10-11-21(24(23(18)26(32)33)25(31)28-14-16(2)3)22(30)15-27-13-12-19-8-6-7-9-20(19)17(4)29/h6-11,16,22,27,30H,5,12-15H2,1-4H3,(H,28,31)(H,32,33). The molecule has 178 valence electrons. The first-order chi connectivity index (χ1) is 15.7. The van der Waals surface area contributed by atoms with Gasteiger partial charge in [0.1, 0.15) is 0 Å². The first-order valence-electron chi connectivity index (χ1n) is 11.3. The summed E-state index contributed by atoms with van der Waals surface area (Å²) < 4.78 is 0. The van der Waals surface area contributed by atoms with Crippen LogP contribution in [-0.2, 0) is 12.8 Å². The maximum atomic E-state index is 12.9. The van der Waals surface area contributed by atoms with Gasteiger partial charge >= 0.3 is 5.97 Å². The highest BCUT2D eigenvalue weighted by Crippen LogP contribution is 2.26.